The molecule has 0 bridgehead atoms. The van der Waals surface area contributed by atoms with Crippen molar-refractivity contribution in [2.75, 3.05) is 4.90 Å². The first kappa shape index (κ1) is 33.6. The molecule has 0 fully saturated rings. The van der Waals surface area contributed by atoms with Crippen molar-refractivity contribution in [1.82, 2.24) is 0 Å². The molecule has 11 aromatic rings. The van der Waals surface area contributed by atoms with Gasteiger partial charge in [0.2, 0.25) is 0 Å². The Morgan fingerprint density at radius 2 is 0.845 bits per heavy atom. The molecular formula is C56H37NO. The predicted molar refractivity (Wildman–Crippen MR) is 245 cm³/mol. The highest BCUT2D eigenvalue weighted by atomic mass is 16.3. The summed E-state index contributed by atoms with van der Waals surface area (Å²) in [5, 5.41) is 7.32. The molecule has 0 radical (unpaired) electrons. The summed E-state index contributed by atoms with van der Waals surface area (Å²) < 4.78 is 6.45. The van der Waals surface area contributed by atoms with E-state index in [1.807, 2.05) is 12.1 Å². The average molecular weight is 740 g/mol. The van der Waals surface area contributed by atoms with Crippen LogP contribution in [-0.2, 0) is 0 Å². The molecule has 58 heavy (non-hydrogen) atoms. The number of furan rings is 1. The molecule has 11 rings (SSSR count). The number of hydrogen-bond donors (Lipinski definition) is 0. The summed E-state index contributed by atoms with van der Waals surface area (Å²) in [6.45, 7) is 0. The van der Waals surface area contributed by atoms with Gasteiger partial charge in [-0.2, -0.15) is 0 Å². The fourth-order valence-electron chi connectivity index (χ4n) is 8.66. The molecule has 0 aliphatic carbocycles. The highest BCUT2D eigenvalue weighted by molar-refractivity contribution is 6.12. The summed E-state index contributed by atoms with van der Waals surface area (Å²) >= 11 is 0. The van der Waals surface area contributed by atoms with E-state index in [4.69, 9.17) is 4.42 Å². The van der Waals surface area contributed by atoms with Crippen molar-refractivity contribution >= 4 is 60.5 Å². The van der Waals surface area contributed by atoms with Crippen LogP contribution in [-0.4, -0.2) is 0 Å². The van der Waals surface area contributed by atoms with Gasteiger partial charge >= 0.3 is 0 Å². The molecule has 272 valence electrons. The minimum absolute atomic E-state index is 0.903. The van der Waals surface area contributed by atoms with Gasteiger partial charge in [0.25, 0.3) is 0 Å². The van der Waals surface area contributed by atoms with Gasteiger partial charge in [-0.15, -0.1) is 0 Å². The zero-order valence-electron chi connectivity index (χ0n) is 31.7. The average Bonchev–Trinajstić information content (AvgIpc) is 3.69. The summed E-state index contributed by atoms with van der Waals surface area (Å²) in [5.41, 5.74) is 14.3. The van der Waals surface area contributed by atoms with Gasteiger partial charge in [-0.25, -0.2) is 0 Å². The second kappa shape index (κ2) is 14.1. The topological polar surface area (TPSA) is 16.4 Å². The Hall–Kier alpha value is -7.68. The molecule has 10 aromatic carbocycles. The summed E-state index contributed by atoms with van der Waals surface area (Å²) in [4.78, 5) is 2.39. The van der Waals surface area contributed by atoms with E-state index in [9.17, 15) is 0 Å². The third kappa shape index (κ3) is 5.82. The van der Waals surface area contributed by atoms with Gasteiger partial charge in [0.1, 0.15) is 11.2 Å². The minimum Gasteiger partial charge on any atom is -0.455 e. The monoisotopic (exact) mass is 739 g/mol. The maximum absolute atomic E-state index is 6.45. The van der Waals surface area contributed by atoms with Crippen LogP contribution >= 0.6 is 0 Å². The number of fused-ring (bicyclic) bond motifs is 6. The van der Waals surface area contributed by atoms with Gasteiger partial charge in [-0.05, 0) is 97.4 Å². The van der Waals surface area contributed by atoms with E-state index in [1.165, 1.54) is 43.8 Å². The standard InChI is InChI=1S/C56H37NO/c1-3-13-38(14-4-1)43-30-36-54(53(37-43)39-15-5-2-6-16-39)57(45-33-27-42(28-34-45)48-21-12-23-52-51-19-9-10-24-55(51)58-56(48)52)44-31-25-41(26-32-44)47-20-11-22-49-46-18-8-7-17-40(46)29-35-50(47)49/h1-37H. The van der Waals surface area contributed by atoms with Crippen LogP contribution in [0, 0.1) is 0 Å². The molecule has 0 unspecified atom stereocenters. The smallest absolute Gasteiger partial charge is 0.143 e. The Morgan fingerprint density at radius 1 is 0.293 bits per heavy atom. The Morgan fingerprint density at radius 3 is 1.59 bits per heavy atom. The molecule has 2 nitrogen and oxygen atoms in total. The van der Waals surface area contributed by atoms with E-state index in [2.05, 4.69) is 217 Å². The van der Waals surface area contributed by atoms with Crippen LogP contribution in [0.1, 0.15) is 0 Å². The number of nitrogens with zero attached hydrogens (tertiary/aromatic N) is 1. The van der Waals surface area contributed by atoms with Crippen LogP contribution in [0.5, 0.6) is 0 Å². The summed E-state index contributed by atoms with van der Waals surface area (Å²) in [6, 6.07) is 80.7. The van der Waals surface area contributed by atoms with Crippen molar-refractivity contribution < 1.29 is 4.42 Å². The van der Waals surface area contributed by atoms with Crippen LogP contribution in [0.15, 0.2) is 229 Å². The van der Waals surface area contributed by atoms with Crippen molar-refractivity contribution in [1.29, 1.82) is 0 Å². The molecule has 0 N–H and O–H groups in total. The van der Waals surface area contributed by atoms with Gasteiger partial charge < -0.3 is 9.32 Å². The lowest BCUT2D eigenvalue weighted by molar-refractivity contribution is 0.670. The Bertz CT molecular complexity index is 3250. The van der Waals surface area contributed by atoms with Crippen LogP contribution in [0.3, 0.4) is 0 Å². The largest absolute Gasteiger partial charge is 0.455 e. The molecule has 0 atom stereocenters. The number of hydrogen-bond acceptors (Lipinski definition) is 2. The van der Waals surface area contributed by atoms with Crippen molar-refractivity contribution in [2.45, 2.75) is 0 Å². The number of benzene rings is 10. The van der Waals surface area contributed by atoms with E-state index in [0.717, 1.165) is 61.3 Å². The maximum atomic E-state index is 6.45. The zero-order valence-corrected chi connectivity index (χ0v) is 31.7. The van der Waals surface area contributed by atoms with E-state index in [-0.39, 0.29) is 0 Å². The van der Waals surface area contributed by atoms with Gasteiger partial charge in [-0.3, -0.25) is 0 Å². The fourth-order valence-corrected chi connectivity index (χ4v) is 8.66. The second-order valence-electron chi connectivity index (χ2n) is 14.9. The van der Waals surface area contributed by atoms with E-state index in [0.29, 0.717) is 0 Å². The number of anilines is 3. The lowest BCUT2D eigenvalue weighted by Gasteiger charge is -2.29. The molecule has 0 aliphatic heterocycles. The molecule has 1 aromatic heterocycles. The molecule has 0 amide bonds. The maximum Gasteiger partial charge on any atom is 0.143 e. The van der Waals surface area contributed by atoms with E-state index >= 15 is 0 Å². The third-order valence-electron chi connectivity index (χ3n) is 11.5. The SMILES string of the molecule is c1ccc(-c2ccc(N(c3ccc(-c4cccc5c4ccc4ccccc45)cc3)c3ccc(-c4cccc5c4oc4ccccc45)cc3)c(-c3ccccc3)c2)cc1. The van der Waals surface area contributed by atoms with Crippen molar-refractivity contribution in [2.24, 2.45) is 0 Å². The summed E-state index contributed by atoms with van der Waals surface area (Å²) in [5.74, 6) is 0. The van der Waals surface area contributed by atoms with Crippen LogP contribution < -0.4 is 4.90 Å². The van der Waals surface area contributed by atoms with Crippen molar-refractivity contribution in [3.63, 3.8) is 0 Å². The zero-order chi connectivity index (χ0) is 38.4. The molecular weight excluding hydrogens is 703 g/mol. The predicted octanol–water partition coefficient (Wildman–Crippen LogP) is 16.0. The Labute approximate surface area is 337 Å². The van der Waals surface area contributed by atoms with E-state index < -0.39 is 0 Å². The number of para-hydroxylation sites is 2. The quantitative estimate of drug-likeness (QED) is 0.151. The highest BCUT2D eigenvalue weighted by Crippen LogP contribution is 2.45. The summed E-state index contributed by atoms with van der Waals surface area (Å²) in [6.07, 6.45) is 0. The van der Waals surface area contributed by atoms with Gasteiger partial charge in [0.15, 0.2) is 0 Å². The first-order chi connectivity index (χ1) is 28.8. The fraction of sp³-hybridized carbons (Fsp3) is 0. The van der Waals surface area contributed by atoms with Gasteiger partial charge in [-0.1, -0.05) is 182 Å². The molecule has 1 heterocycles. The molecule has 0 saturated heterocycles. The molecule has 2 heteroatoms. The Balaban J connectivity index is 1.06. The summed E-state index contributed by atoms with van der Waals surface area (Å²) in [7, 11) is 0. The second-order valence-corrected chi connectivity index (χ2v) is 14.9. The van der Waals surface area contributed by atoms with Gasteiger partial charge in [0, 0.05) is 33.3 Å². The Kier molecular flexibility index (Phi) is 8.19. The van der Waals surface area contributed by atoms with Gasteiger partial charge in [0.05, 0.1) is 5.69 Å². The third-order valence-corrected chi connectivity index (χ3v) is 11.5. The lowest BCUT2D eigenvalue weighted by Crippen LogP contribution is -2.11. The number of rotatable bonds is 7. The van der Waals surface area contributed by atoms with Crippen LogP contribution in [0.2, 0.25) is 0 Å². The highest BCUT2D eigenvalue weighted by Gasteiger charge is 2.20. The van der Waals surface area contributed by atoms with Crippen LogP contribution in [0.25, 0.3) is 88.0 Å². The first-order valence-electron chi connectivity index (χ1n) is 19.8. The van der Waals surface area contributed by atoms with Crippen molar-refractivity contribution in [3.8, 4) is 44.5 Å². The molecule has 0 aliphatic rings. The normalized spacial score (nSPS) is 11.4. The lowest BCUT2D eigenvalue weighted by atomic mass is 9.94. The molecule has 0 saturated carbocycles. The molecule has 0 spiro atoms. The van der Waals surface area contributed by atoms with Crippen LogP contribution in [0.4, 0.5) is 17.1 Å². The van der Waals surface area contributed by atoms with Crippen molar-refractivity contribution in [3.05, 3.63) is 224 Å². The minimum atomic E-state index is 0.903. The van der Waals surface area contributed by atoms with E-state index in [1.54, 1.807) is 0 Å². The first-order valence-corrected chi connectivity index (χ1v) is 19.8.